The largest absolute Gasteiger partial charge is 0.288 e. The number of halogens is 1. The second-order valence-corrected chi connectivity index (χ2v) is 5.11. The van der Waals surface area contributed by atoms with Crippen LogP contribution in [0.4, 0.5) is 5.95 Å². The predicted octanol–water partition coefficient (Wildman–Crippen LogP) is 2.09. The number of hydrogen-bond donors (Lipinski definition) is 1. The van der Waals surface area contributed by atoms with Crippen LogP contribution in [-0.2, 0) is 6.54 Å². The quantitative estimate of drug-likeness (QED) is 0.933. The summed E-state index contributed by atoms with van der Waals surface area (Å²) in [5.41, 5.74) is 0.461. The number of nitrogens with one attached hydrogen (secondary N) is 1. The Morgan fingerprint density at radius 1 is 1.53 bits per heavy atom. The number of rotatable bonds is 4. The lowest BCUT2D eigenvalue weighted by molar-refractivity contribution is 0.101. The molecule has 102 valence electrons. The van der Waals surface area contributed by atoms with Crippen molar-refractivity contribution in [3.8, 4) is 0 Å². The van der Waals surface area contributed by atoms with E-state index in [9.17, 15) is 4.79 Å². The predicted molar refractivity (Wildman–Crippen MR) is 74.0 cm³/mol. The van der Waals surface area contributed by atoms with E-state index in [2.05, 4.69) is 36.4 Å². The molecule has 0 saturated carbocycles. The Labute approximate surface area is 119 Å². The van der Waals surface area contributed by atoms with Gasteiger partial charge in [-0.1, -0.05) is 0 Å². The van der Waals surface area contributed by atoms with Crippen LogP contribution in [0.3, 0.4) is 0 Å². The molecule has 0 saturated heterocycles. The highest BCUT2D eigenvalue weighted by atomic mass is 79.9. The zero-order valence-electron chi connectivity index (χ0n) is 11.0. The zero-order chi connectivity index (χ0) is 14.0. The SMILES string of the molecule is CCn1ncc(Br)c1C(=O)Nc1ncn(C(C)C)n1. The van der Waals surface area contributed by atoms with Gasteiger partial charge in [-0.05, 0) is 36.7 Å². The van der Waals surface area contributed by atoms with Crippen molar-refractivity contribution >= 4 is 27.8 Å². The van der Waals surface area contributed by atoms with Gasteiger partial charge in [0, 0.05) is 12.6 Å². The van der Waals surface area contributed by atoms with Crippen LogP contribution in [0.25, 0.3) is 0 Å². The van der Waals surface area contributed by atoms with E-state index < -0.39 is 0 Å². The molecule has 0 fully saturated rings. The van der Waals surface area contributed by atoms with Gasteiger partial charge in [-0.3, -0.25) is 14.8 Å². The third-order valence-electron chi connectivity index (χ3n) is 2.57. The van der Waals surface area contributed by atoms with E-state index in [1.165, 1.54) is 0 Å². The molecule has 0 unspecified atom stereocenters. The molecule has 0 aromatic carbocycles. The maximum atomic E-state index is 12.2. The molecule has 1 N–H and O–H groups in total. The van der Waals surface area contributed by atoms with Gasteiger partial charge >= 0.3 is 0 Å². The van der Waals surface area contributed by atoms with Gasteiger partial charge in [-0.2, -0.15) is 5.10 Å². The molecule has 2 rings (SSSR count). The summed E-state index contributed by atoms with van der Waals surface area (Å²) in [7, 11) is 0. The Morgan fingerprint density at radius 3 is 2.84 bits per heavy atom. The average molecular weight is 327 g/mol. The first kappa shape index (κ1) is 13.7. The molecule has 0 aliphatic rings. The minimum atomic E-state index is -0.285. The van der Waals surface area contributed by atoms with Crippen LogP contribution in [-0.4, -0.2) is 30.5 Å². The third kappa shape index (κ3) is 2.83. The molecular weight excluding hydrogens is 312 g/mol. The monoisotopic (exact) mass is 326 g/mol. The van der Waals surface area contributed by atoms with E-state index in [1.807, 2.05) is 20.8 Å². The molecule has 0 bridgehead atoms. The summed E-state index contributed by atoms with van der Waals surface area (Å²) < 4.78 is 3.94. The number of nitrogens with zero attached hydrogens (tertiary/aromatic N) is 5. The molecule has 0 spiro atoms. The van der Waals surface area contributed by atoms with E-state index in [4.69, 9.17) is 0 Å². The second-order valence-electron chi connectivity index (χ2n) is 4.25. The lowest BCUT2D eigenvalue weighted by atomic mass is 10.4. The highest BCUT2D eigenvalue weighted by molar-refractivity contribution is 9.10. The smallest absolute Gasteiger partial charge is 0.277 e. The zero-order valence-corrected chi connectivity index (χ0v) is 12.5. The fourth-order valence-electron chi connectivity index (χ4n) is 1.57. The van der Waals surface area contributed by atoms with Gasteiger partial charge in [0.25, 0.3) is 5.91 Å². The van der Waals surface area contributed by atoms with Crippen LogP contribution in [0.1, 0.15) is 37.3 Å². The van der Waals surface area contributed by atoms with E-state index in [1.54, 1.807) is 21.9 Å². The van der Waals surface area contributed by atoms with Gasteiger partial charge in [-0.25, -0.2) is 9.67 Å². The van der Waals surface area contributed by atoms with Crippen LogP contribution < -0.4 is 5.32 Å². The standard InChI is InChI=1S/C11H15BrN6O/c1-4-17-9(8(12)5-14-17)10(19)15-11-13-6-18(16-11)7(2)3/h5-7H,4H2,1-3H3,(H,15,16,19). The van der Waals surface area contributed by atoms with E-state index >= 15 is 0 Å². The molecule has 0 aliphatic carbocycles. The molecule has 0 aliphatic heterocycles. The number of aromatic nitrogens is 5. The molecule has 2 aromatic heterocycles. The lowest BCUT2D eigenvalue weighted by Crippen LogP contribution is -2.19. The van der Waals surface area contributed by atoms with Gasteiger partial charge in [0.1, 0.15) is 12.0 Å². The fraction of sp³-hybridized carbons (Fsp3) is 0.455. The maximum Gasteiger partial charge on any atom is 0.277 e. The molecule has 2 aromatic rings. The first-order chi connectivity index (χ1) is 9.02. The van der Waals surface area contributed by atoms with Gasteiger partial charge in [-0.15, -0.1) is 5.10 Å². The molecule has 19 heavy (non-hydrogen) atoms. The Morgan fingerprint density at radius 2 is 2.26 bits per heavy atom. The summed E-state index contributed by atoms with van der Waals surface area (Å²) >= 11 is 3.31. The summed E-state index contributed by atoms with van der Waals surface area (Å²) in [4.78, 5) is 16.2. The van der Waals surface area contributed by atoms with Crippen molar-refractivity contribution in [2.75, 3.05) is 5.32 Å². The molecule has 8 heteroatoms. The van der Waals surface area contributed by atoms with Gasteiger partial charge in [0.15, 0.2) is 0 Å². The van der Waals surface area contributed by atoms with Crippen molar-refractivity contribution in [3.05, 3.63) is 22.7 Å². The number of amides is 1. The Balaban J connectivity index is 2.18. The number of aryl methyl sites for hydroxylation is 1. The van der Waals surface area contributed by atoms with E-state index in [-0.39, 0.29) is 17.9 Å². The van der Waals surface area contributed by atoms with Crippen molar-refractivity contribution in [3.63, 3.8) is 0 Å². The minimum Gasteiger partial charge on any atom is -0.288 e. The molecule has 7 nitrogen and oxygen atoms in total. The summed E-state index contributed by atoms with van der Waals surface area (Å²) in [6.07, 6.45) is 3.19. The molecular formula is C11H15BrN6O. The van der Waals surface area contributed by atoms with Crippen molar-refractivity contribution in [1.29, 1.82) is 0 Å². The highest BCUT2D eigenvalue weighted by Crippen LogP contribution is 2.17. The van der Waals surface area contributed by atoms with Crippen molar-refractivity contribution < 1.29 is 4.79 Å². The normalized spacial score (nSPS) is 11.0. The van der Waals surface area contributed by atoms with Crippen molar-refractivity contribution in [1.82, 2.24) is 24.5 Å². The summed E-state index contributed by atoms with van der Waals surface area (Å²) in [6, 6.07) is 0.200. The van der Waals surface area contributed by atoms with Gasteiger partial charge in [0.2, 0.25) is 5.95 Å². The van der Waals surface area contributed by atoms with Gasteiger partial charge < -0.3 is 0 Å². The Kier molecular flexibility index (Phi) is 3.98. The summed E-state index contributed by atoms with van der Waals surface area (Å²) in [6.45, 7) is 6.51. The maximum absolute atomic E-state index is 12.2. The minimum absolute atomic E-state index is 0.200. The molecule has 1 amide bonds. The highest BCUT2D eigenvalue weighted by Gasteiger charge is 2.18. The van der Waals surface area contributed by atoms with Gasteiger partial charge in [0.05, 0.1) is 10.7 Å². The number of hydrogen-bond acceptors (Lipinski definition) is 4. The van der Waals surface area contributed by atoms with E-state index in [0.717, 1.165) is 0 Å². The molecule has 0 atom stereocenters. The first-order valence-corrected chi connectivity index (χ1v) is 6.76. The number of carbonyl (C=O) groups is 1. The lowest BCUT2D eigenvalue weighted by Gasteiger charge is -2.05. The average Bonchev–Trinajstić information content (AvgIpc) is 2.95. The third-order valence-corrected chi connectivity index (χ3v) is 3.15. The van der Waals surface area contributed by atoms with E-state index in [0.29, 0.717) is 16.7 Å². The van der Waals surface area contributed by atoms with Crippen molar-refractivity contribution in [2.24, 2.45) is 0 Å². The summed E-state index contributed by atoms with van der Waals surface area (Å²) in [5.74, 6) is 0.00202. The Bertz CT molecular complexity index is 588. The molecule has 0 radical (unpaired) electrons. The summed E-state index contributed by atoms with van der Waals surface area (Å²) in [5, 5.41) is 10.9. The fourth-order valence-corrected chi connectivity index (χ4v) is 2.05. The van der Waals surface area contributed by atoms with Crippen LogP contribution in [0.15, 0.2) is 17.0 Å². The second kappa shape index (κ2) is 5.52. The van der Waals surface area contributed by atoms with Crippen molar-refractivity contribution in [2.45, 2.75) is 33.4 Å². The topological polar surface area (TPSA) is 77.6 Å². The number of anilines is 1. The molecule has 2 heterocycles. The van der Waals surface area contributed by atoms with Crippen LogP contribution >= 0.6 is 15.9 Å². The Hall–Kier alpha value is -1.70. The van der Waals surface area contributed by atoms with Crippen LogP contribution in [0, 0.1) is 0 Å². The van der Waals surface area contributed by atoms with Crippen LogP contribution in [0.2, 0.25) is 0 Å². The van der Waals surface area contributed by atoms with Crippen LogP contribution in [0.5, 0.6) is 0 Å². The number of carbonyl (C=O) groups excluding carboxylic acids is 1. The first-order valence-electron chi connectivity index (χ1n) is 5.96.